The van der Waals surface area contributed by atoms with Crippen LogP contribution in [0.25, 0.3) is 0 Å². The molecule has 0 aromatic carbocycles. The first-order chi connectivity index (χ1) is 9.35. The van der Waals surface area contributed by atoms with E-state index in [0.717, 1.165) is 38.8 Å². The van der Waals surface area contributed by atoms with Crippen LogP contribution in [-0.2, 0) is 11.3 Å². The van der Waals surface area contributed by atoms with Crippen LogP contribution in [0.4, 0.5) is 0 Å². The summed E-state index contributed by atoms with van der Waals surface area (Å²) in [6.07, 6.45) is 10.5. The molecule has 104 valence electrons. The molecule has 2 aliphatic rings. The number of nitrogens with zero attached hydrogens (tertiary/aromatic N) is 3. The molecule has 0 amide bonds. The van der Waals surface area contributed by atoms with E-state index in [1.165, 1.54) is 31.4 Å². The fourth-order valence-electron chi connectivity index (χ4n) is 3.31. The molecule has 4 heteroatoms. The summed E-state index contributed by atoms with van der Waals surface area (Å²) in [5, 5.41) is 4.73. The molecule has 0 unspecified atom stereocenters. The molecule has 1 aromatic heterocycles. The van der Waals surface area contributed by atoms with Gasteiger partial charge >= 0.3 is 0 Å². The third kappa shape index (κ3) is 3.06. The minimum absolute atomic E-state index is 0.285. The Labute approximate surface area is 114 Å². The van der Waals surface area contributed by atoms with Crippen molar-refractivity contribution < 1.29 is 4.79 Å². The van der Waals surface area contributed by atoms with Gasteiger partial charge in [0.1, 0.15) is 6.29 Å². The van der Waals surface area contributed by atoms with E-state index in [1.807, 2.05) is 0 Å². The van der Waals surface area contributed by atoms with Crippen LogP contribution in [0, 0.1) is 5.92 Å². The fraction of sp³-hybridized carbons (Fsp3) is 0.733. The van der Waals surface area contributed by atoms with Gasteiger partial charge in [-0.15, -0.1) is 0 Å². The smallest absolute Gasteiger partial charge is 0.123 e. The first-order valence-electron chi connectivity index (χ1n) is 7.57. The molecule has 1 saturated heterocycles. The predicted octanol–water partition coefficient (Wildman–Crippen LogP) is 2.41. The average Bonchev–Trinajstić information content (AvgIpc) is 3.10. The van der Waals surface area contributed by atoms with E-state index in [9.17, 15) is 4.79 Å². The molecule has 3 rings (SSSR count). The number of carbonyl (C=O) groups excluding carboxylic acids is 1. The Balaban J connectivity index is 1.54. The lowest BCUT2D eigenvalue weighted by atomic mass is 9.98. The Morgan fingerprint density at radius 3 is 2.63 bits per heavy atom. The van der Waals surface area contributed by atoms with Crippen LogP contribution in [0.15, 0.2) is 12.3 Å². The highest BCUT2D eigenvalue weighted by molar-refractivity contribution is 5.53. The molecule has 2 heterocycles. The lowest BCUT2D eigenvalue weighted by Crippen LogP contribution is -2.33. The zero-order chi connectivity index (χ0) is 13.1. The SMILES string of the molecule is O=CC1CCN(Cc2ccn(C3CCCC3)n2)CC1. The molecule has 0 radical (unpaired) electrons. The minimum atomic E-state index is 0.285. The van der Waals surface area contributed by atoms with Gasteiger partial charge in [0.25, 0.3) is 0 Å². The number of aromatic nitrogens is 2. The lowest BCUT2D eigenvalue weighted by molar-refractivity contribution is -0.112. The van der Waals surface area contributed by atoms with E-state index in [2.05, 4.69) is 21.8 Å². The van der Waals surface area contributed by atoms with Crippen LogP contribution in [0.5, 0.6) is 0 Å². The number of likely N-dealkylation sites (tertiary alicyclic amines) is 1. The van der Waals surface area contributed by atoms with Gasteiger partial charge in [-0.2, -0.15) is 5.10 Å². The number of piperidine rings is 1. The molecule has 2 fully saturated rings. The van der Waals surface area contributed by atoms with E-state index in [4.69, 9.17) is 5.10 Å². The molecule has 19 heavy (non-hydrogen) atoms. The largest absolute Gasteiger partial charge is 0.303 e. The Bertz CT molecular complexity index is 415. The predicted molar refractivity (Wildman–Crippen MR) is 73.8 cm³/mol. The van der Waals surface area contributed by atoms with Crippen LogP contribution in [-0.4, -0.2) is 34.1 Å². The molecule has 4 nitrogen and oxygen atoms in total. The highest BCUT2D eigenvalue weighted by Gasteiger charge is 2.20. The molecule has 1 aromatic rings. The molecule has 0 spiro atoms. The Kier molecular flexibility index (Phi) is 3.97. The van der Waals surface area contributed by atoms with Crippen molar-refractivity contribution in [1.82, 2.24) is 14.7 Å². The van der Waals surface area contributed by atoms with Crippen LogP contribution in [0.2, 0.25) is 0 Å². The van der Waals surface area contributed by atoms with Gasteiger partial charge in [0, 0.05) is 18.7 Å². The highest BCUT2D eigenvalue weighted by Crippen LogP contribution is 2.28. The van der Waals surface area contributed by atoms with Crippen molar-refractivity contribution in [2.24, 2.45) is 5.92 Å². The van der Waals surface area contributed by atoms with Gasteiger partial charge < -0.3 is 4.79 Å². The summed E-state index contributed by atoms with van der Waals surface area (Å²) in [6.45, 7) is 2.99. The second-order valence-electron chi connectivity index (χ2n) is 5.98. The minimum Gasteiger partial charge on any atom is -0.303 e. The monoisotopic (exact) mass is 261 g/mol. The third-order valence-corrected chi connectivity index (χ3v) is 4.57. The van der Waals surface area contributed by atoms with Crippen LogP contribution >= 0.6 is 0 Å². The van der Waals surface area contributed by atoms with E-state index in [1.54, 1.807) is 0 Å². The quantitative estimate of drug-likeness (QED) is 0.781. The molecular formula is C15H23N3O. The topological polar surface area (TPSA) is 38.1 Å². The molecule has 0 bridgehead atoms. The number of rotatable bonds is 4. The summed E-state index contributed by atoms with van der Waals surface area (Å²) in [6, 6.07) is 2.79. The first kappa shape index (κ1) is 12.9. The molecule has 0 atom stereocenters. The molecule has 1 aliphatic heterocycles. The Morgan fingerprint density at radius 2 is 1.95 bits per heavy atom. The first-order valence-corrected chi connectivity index (χ1v) is 7.57. The van der Waals surface area contributed by atoms with Crippen LogP contribution in [0.3, 0.4) is 0 Å². The van der Waals surface area contributed by atoms with Gasteiger partial charge in [-0.1, -0.05) is 12.8 Å². The Hall–Kier alpha value is -1.16. The zero-order valence-corrected chi connectivity index (χ0v) is 11.5. The van der Waals surface area contributed by atoms with Gasteiger partial charge in [-0.3, -0.25) is 9.58 Å². The second kappa shape index (κ2) is 5.87. The molecular weight excluding hydrogens is 238 g/mol. The van der Waals surface area contributed by atoms with E-state index in [0.29, 0.717) is 6.04 Å². The van der Waals surface area contributed by atoms with E-state index < -0.39 is 0 Å². The van der Waals surface area contributed by atoms with Gasteiger partial charge in [0.15, 0.2) is 0 Å². The summed E-state index contributed by atoms with van der Waals surface area (Å²) in [5.41, 5.74) is 1.18. The maximum Gasteiger partial charge on any atom is 0.123 e. The lowest BCUT2D eigenvalue weighted by Gasteiger charge is -2.28. The van der Waals surface area contributed by atoms with Crippen LogP contribution in [0.1, 0.15) is 50.3 Å². The number of aldehydes is 1. The molecule has 1 saturated carbocycles. The summed E-state index contributed by atoms with van der Waals surface area (Å²) >= 11 is 0. The maximum atomic E-state index is 10.7. The number of hydrogen-bond donors (Lipinski definition) is 0. The van der Waals surface area contributed by atoms with E-state index >= 15 is 0 Å². The van der Waals surface area contributed by atoms with Gasteiger partial charge in [0.05, 0.1) is 11.7 Å². The average molecular weight is 261 g/mol. The van der Waals surface area contributed by atoms with Crippen molar-refractivity contribution >= 4 is 6.29 Å². The van der Waals surface area contributed by atoms with Crippen molar-refractivity contribution in [3.05, 3.63) is 18.0 Å². The second-order valence-corrected chi connectivity index (χ2v) is 5.98. The summed E-state index contributed by atoms with van der Waals surface area (Å²) < 4.78 is 2.17. The Morgan fingerprint density at radius 1 is 1.21 bits per heavy atom. The summed E-state index contributed by atoms with van der Waals surface area (Å²) in [7, 11) is 0. The molecule has 1 aliphatic carbocycles. The van der Waals surface area contributed by atoms with Gasteiger partial charge in [-0.25, -0.2) is 0 Å². The van der Waals surface area contributed by atoms with Gasteiger partial charge in [0.2, 0.25) is 0 Å². The molecule has 0 N–H and O–H groups in total. The highest BCUT2D eigenvalue weighted by atomic mass is 16.1. The standard InChI is InChI=1S/C15H23N3O/c19-12-13-5-8-17(9-6-13)11-14-7-10-18(16-14)15-3-1-2-4-15/h7,10,12-13,15H,1-6,8-9,11H2. The maximum absolute atomic E-state index is 10.7. The van der Waals surface area contributed by atoms with Crippen LogP contribution < -0.4 is 0 Å². The number of hydrogen-bond acceptors (Lipinski definition) is 3. The summed E-state index contributed by atoms with van der Waals surface area (Å²) in [4.78, 5) is 13.2. The van der Waals surface area contributed by atoms with E-state index in [-0.39, 0.29) is 5.92 Å². The van der Waals surface area contributed by atoms with Crippen molar-refractivity contribution in [3.8, 4) is 0 Å². The van der Waals surface area contributed by atoms with Gasteiger partial charge in [-0.05, 0) is 44.8 Å². The van der Waals surface area contributed by atoms with Crippen molar-refractivity contribution in [2.45, 2.75) is 51.1 Å². The summed E-state index contributed by atoms with van der Waals surface area (Å²) in [5.74, 6) is 0.285. The van der Waals surface area contributed by atoms with Crippen molar-refractivity contribution in [1.29, 1.82) is 0 Å². The van der Waals surface area contributed by atoms with Crippen molar-refractivity contribution in [3.63, 3.8) is 0 Å². The zero-order valence-electron chi connectivity index (χ0n) is 11.5. The van der Waals surface area contributed by atoms with Crippen molar-refractivity contribution in [2.75, 3.05) is 13.1 Å². The fourth-order valence-corrected chi connectivity index (χ4v) is 3.31. The third-order valence-electron chi connectivity index (χ3n) is 4.57. The number of carbonyl (C=O) groups is 1. The normalized spacial score (nSPS) is 22.9.